The summed E-state index contributed by atoms with van der Waals surface area (Å²) in [5.74, 6) is 0. The molecule has 0 aliphatic carbocycles. The number of rotatable bonds is 4. The van der Waals surface area contributed by atoms with E-state index in [1.165, 1.54) is 35.6 Å². The highest BCUT2D eigenvalue weighted by molar-refractivity contribution is 7.18. The van der Waals surface area contributed by atoms with E-state index >= 15 is 0 Å². The van der Waals surface area contributed by atoms with Crippen molar-refractivity contribution in [2.45, 2.75) is 0 Å². The maximum absolute atomic E-state index is 12.0. The van der Waals surface area contributed by atoms with Crippen LogP contribution in [0.2, 0.25) is 5.02 Å². The van der Waals surface area contributed by atoms with Crippen LogP contribution in [0.4, 0.5) is 21.3 Å². The highest BCUT2D eigenvalue weighted by Gasteiger charge is 2.12. The van der Waals surface area contributed by atoms with Crippen molar-refractivity contribution in [2.24, 2.45) is 0 Å². The summed E-state index contributed by atoms with van der Waals surface area (Å²) < 4.78 is 0. The van der Waals surface area contributed by atoms with Gasteiger partial charge in [0.2, 0.25) is 5.13 Å². The molecular weight excluding hydrogens is 366 g/mol. The maximum atomic E-state index is 12.0. The van der Waals surface area contributed by atoms with E-state index in [4.69, 9.17) is 11.6 Å². The first-order chi connectivity index (χ1) is 12.0. The van der Waals surface area contributed by atoms with Gasteiger partial charge in [-0.05, 0) is 18.2 Å². The number of nitrogens with one attached hydrogen (secondary N) is 2. The van der Waals surface area contributed by atoms with E-state index in [1.54, 1.807) is 6.07 Å². The zero-order chi connectivity index (χ0) is 17.8. The Morgan fingerprint density at radius 2 is 1.80 bits per heavy atom. The van der Waals surface area contributed by atoms with Gasteiger partial charge in [-0.3, -0.25) is 15.4 Å². The van der Waals surface area contributed by atoms with Crippen LogP contribution in [0.1, 0.15) is 0 Å². The lowest BCUT2D eigenvalue weighted by atomic mass is 10.2. The Morgan fingerprint density at radius 1 is 1.08 bits per heavy atom. The number of amides is 2. The molecule has 2 amide bonds. The SMILES string of the molecule is O=C(Nc1ccc([N+](=O)[O-])cc1)Nc1nnc(-c2ccccc2Cl)s1. The van der Waals surface area contributed by atoms with Crippen molar-refractivity contribution in [3.05, 3.63) is 63.7 Å². The van der Waals surface area contributed by atoms with Gasteiger partial charge in [0.25, 0.3) is 5.69 Å². The number of nitrogens with zero attached hydrogens (tertiary/aromatic N) is 3. The summed E-state index contributed by atoms with van der Waals surface area (Å²) in [5, 5.41) is 25.0. The van der Waals surface area contributed by atoms with Crippen LogP contribution in [0.15, 0.2) is 48.5 Å². The number of hydrogen-bond acceptors (Lipinski definition) is 6. The number of non-ortho nitro benzene ring substituents is 1. The number of urea groups is 1. The van der Waals surface area contributed by atoms with Gasteiger partial charge in [0.05, 0.1) is 9.95 Å². The largest absolute Gasteiger partial charge is 0.325 e. The van der Waals surface area contributed by atoms with E-state index in [-0.39, 0.29) is 5.69 Å². The first-order valence-electron chi connectivity index (χ1n) is 6.94. The van der Waals surface area contributed by atoms with Gasteiger partial charge in [-0.2, -0.15) is 0 Å². The molecule has 8 nitrogen and oxygen atoms in total. The Bertz CT molecular complexity index is 929. The Hall–Kier alpha value is -3.04. The fourth-order valence-corrected chi connectivity index (χ4v) is 3.00. The Labute approximate surface area is 150 Å². The Morgan fingerprint density at radius 3 is 2.48 bits per heavy atom. The van der Waals surface area contributed by atoms with Gasteiger partial charge < -0.3 is 5.32 Å². The third kappa shape index (κ3) is 4.08. The fraction of sp³-hybridized carbons (Fsp3) is 0. The summed E-state index contributed by atoms with van der Waals surface area (Å²) in [6.45, 7) is 0. The number of carbonyl (C=O) groups excluding carboxylic acids is 1. The Balaban J connectivity index is 1.66. The molecule has 25 heavy (non-hydrogen) atoms. The van der Waals surface area contributed by atoms with Crippen molar-refractivity contribution in [3.63, 3.8) is 0 Å². The molecule has 126 valence electrons. The number of nitro groups is 1. The van der Waals surface area contributed by atoms with Crippen LogP contribution in [-0.2, 0) is 0 Å². The number of benzene rings is 2. The molecule has 2 aromatic carbocycles. The second-order valence-electron chi connectivity index (χ2n) is 4.78. The van der Waals surface area contributed by atoms with Crippen LogP contribution >= 0.6 is 22.9 Å². The minimum atomic E-state index is -0.532. The average Bonchev–Trinajstić information content (AvgIpc) is 3.03. The smallest absolute Gasteiger partial charge is 0.308 e. The lowest BCUT2D eigenvalue weighted by molar-refractivity contribution is -0.384. The predicted molar refractivity (Wildman–Crippen MR) is 96.1 cm³/mol. The van der Waals surface area contributed by atoms with Crippen LogP contribution < -0.4 is 10.6 Å². The van der Waals surface area contributed by atoms with Crippen LogP contribution in [-0.4, -0.2) is 21.2 Å². The van der Waals surface area contributed by atoms with E-state index in [9.17, 15) is 14.9 Å². The monoisotopic (exact) mass is 375 g/mol. The van der Waals surface area contributed by atoms with Crippen LogP contribution in [0.3, 0.4) is 0 Å². The van der Waals surface area contributed by atoms with Crippen molar-refractivity contribution >= 4 is 45.5 Å². The molecule has 0 aliphatic rings. The number of aromatic nitrogens is 2. The molecular formula is C15H10ClN5O3S. The normalized spacial score (nSPS) is 10.3. The molecule has 0 spiro atoms. The average molecular weight is 376 g/mol. The number of halogens is 1. The fourth-order valence-electron chi connectivity index (χ4n) is 1.94. The Kier molecular flexibility index (Phi) is 4.87. The molecule has 0 bridgehead atoms. The zero-order valence-corrected chi connectivity index (χ0v) is 14.0. The van der Waals surface area contributed by atoms with Gasteiger partial charge in [-0.15, -0.1) is 10.2 Å². The van der Waals surface area contributed by atoms with Crippen LogP contribution in [0.5, 0.6) is 0 Å². The van der Waals surface area contributed by atoms with Crippen molar-refractivity contribution in [2.75, 3.05) is 10.6 Å². The number of anilines is 2. The number of nitro benzene ring substituents is 1. The van der Waals surface area contributed by atoms with Gasteiger partial charge in [0, 0.05) is 23.4 Å². The van der Waals surface area contributed by atoms with Crippen molar-refractivity contribution in [3.8, 4) is 10.6 Å². The summed E-state index contributed by atoms with van der Waals surface area (Å²) in [5.41, 5.74) is 1.09. The van der Waals surface area contributed by atoms with Crippen molar-refractivity contribution in [1.29, 1.82) is 0 Å². The third-order valence-corrected chi connectivity index (χ3v) is 4.29. The number of hydrogen-bond donors (Lipinski definition) is 2. The number of carbonyl (C=O) groups is 1. The molecule has 1 aromatic heterocycles. The molecule has 0 unspecified atom stereocenters. The van der Waals surface area contributed by atoms with Gasteiger partial charge in [-0.25, -0.2) is 4.79 Å². The van der Waals surface area contributed by atoms with E-state index < -0.39 is 11.0 Å². The van der Waals surface area contributed by atoms with E-state index in [0.717, 1.165) is 5.56 Å². The summed E-state index contributed by atoms with van der Waals surface area (Å²) in [4.78, 5) is 22.1. The molecule has 1 heterocycles. The molecule has 3 rings (SSSR count). The summed E-state index contributed by atoms with van der Waals surface area (Å²) in [6.07, 6.45) is 0. The summed E-state index contributed by atoms with van der Waals surface area (Å²) >= 11 is 7.28. The lowest BCUT2D eigenvalue weighted by Gasteiger charge is -2.04. The molecule has 0 fully saturated rings. The van der Waals surface area contributed by atoms with Crippen molar-refractivity contribution in [1.82, 2.24) is 10.2 Å². The first-order valence-corrected chi connectivity index (χ1v) is 8.13. The molecule has 10 heteroatoms. The quantitative estimate of drug-likeness (QED) is 0.518. The highest BCUT2D eigenvalue weighted by Crippen LogP contribution is 2.31. The standard InChI is InChI=1S/C15H10ClN5O3S/c16-12-4-2-1-3-11(12)13-19-20-15(25-13)18-14(22)17-9-5-7-10(8-6-9)21(23)24/h1-8H,(H2,17,18,20,22). The molecule has 0 radical (unpaired) electrons. The summed E-state index contributed by atoms with van der Waals surface area (Å²) in [6, 6.07) is 12.1. The molecule has 0 aliphatic heterocycles. The lowest BCUT2D eigenvalue weighted by Crippen LogP contribution is -2.19. The second kappa shape index (κ2) is 7.24. The molecule has 0 atom stereocenters. The molecule has 0 saturated carbocycles. The van der Waals surface area contributed by atoms with Crippen molar-refractivity contribution < 1.29 is 9.72 Å². The minimum Gasteiger partial charge on any atom is -0.308 e. The van der Waals surface area contributed by atoms with Crippen LogP contribution in [0, 0.1) is 10.1 Å². The summed E-state index contributed by atoms with van der Waals surface area (Å²) in [7, 11) is 0. The molecule has 0 saturated heterocycles. The van der Waals surface area contributed by atoms with Gasteiger partial charge in [0.15, 0.2) is 5.01 Å². The zero-order valence-electron chi connectivity index (χ0n) is 12.5. The highest BCUT2D eigenvalue weighted by atomic mass is 35.5. The van der Waals surface area contributed by atoms with Gasteiger partial charge in [-0.1, -0.05) is 41.1 Å². The first kappa shape index (κ1) is 16.8. The third-order valence-electron chi connectivity index (χ3n) is 3.09. The maximum Gasteiger partial charge on any atom is 0.325 e. The predicted octanol–water partition coefficient (Wildman–Crippen LogP) is 4.41. The van der Waals surface area contributed by atoms with E-state index in [2.05, 4.69) is 20.8 Å². The van der Waals surface area contributed by atoms with E-state index in [1.807, 2.05) is 18.2 Å². The molecule has 2 N–H and O–H groups in total. The second-order valence-corrected chi connectivity index (χ2v) is 6.16. The van der Waals surface area contributed by atoms with Crippen LogP contribution in [0.25, 0.3) is 10.6 Å². The molecule has 3 aromatic rings. The minimum absolute atomic E-state index is 0.0561. The van der Waals surface area contributed by atoms with Gasteiger partial charge >= 0.3 is 6.03 Å². The van der Waals surface area contributed by atoms with Gasteiger partial charge in [0.1, 0.15) is 0 Å². The topological polar surface area (TPSA) is 110 Å². The van der Waals surface area contributed by atoms with E-state index in [0.29, 0.717) is 20.8 Å².